The zero-order valence-electron chi connectivity index (χ0n) is 11.8. The molecule has 114 valence electrons. The first-order valence-electron chi connectivity index (χ1n) is 7.36. The van der Waals surface area contributed by atoms with E-state index in [-0.39, 0.29) is 18.4 Å². The number of hydrogen-bond acceptors (Lipinski definition) is 4. The lowest BCUT2D eigenvalue weighted by Crippen LogP contribution is -2.48. The van der Waals surface area contributed by atoms with Gasteiger partial charge in [-0.25, -0.2) is 15.1 Å². The summed E-state index contributed by atoms with van der Waals surface area (Å²) in [6, 6.07) is 7.43. The summed E-state index contributed by atoms with van der Waals surface area (Å²) < 4.78 is 11.0. The first kappa shape index (κ1) is 14.2. The Morgan fingerprint density at radius 1 is 1.29 bits per heavy atom. The van der Waals surface area contributed by atoms with Gasteiger partial charge in [-0.15, -0.1) is 0 Å². The molecular formula is C15H20N2O4. The number of carbonyl (C=O) groups excluding carboxylic acids is 1. The number of benzene rings is 1. The van der Waals surface area contributed by atoms with Gasteiger partial charge in [0.1, 0.15) is 12.4 Å². The molecule has 1 aromatic carbocycles. The number of ether oxygens (including phenoxy) is 2. The lowest BCUT2D eigenvalue weighted by Gasteiger charge is -2.27. The Morgan fingerprint density at radius 2 is 2.19 bits per heavy atom. The molecular weight excluding hydrogens is 272 g/mol. The summed E-state index contributed by atoms with van der Waals surface area (Å²) in [6.07, 6.45) is 3.32. The highest BCUT2D eigenvalue weighted by Crippen LogP contribution is 2.23. The summed E-state index contributed by atoms with van der Waals surface area (Å²) in [6.45, 7) is 1.14. The third-order valence-corrected chi connectivity index (χ3v) is 3.64. The van der Waals surface area contributed by atoms with E-state index < -0.39 is 0 Å². The van der Waals surface area contributed by atoms with E-state index in [9.17, 15) is 4.79 Å². The molecule has 0 aromatic heterocycles. The Morgan fingerprint density at radius 3 is 3.05 bits per heavy atom. The Hall–Kier alpha value is -1.79. The number of urea groups is 1. The molecule has 0 radical (unpaired) electrons. The molecule has 0 aliphatic carbocycles. The van der Waals surface area contributed by atoms with E-state index in [4.69, 9.17) is 14.3 Å². The van der Waals surface area contributed by atoms with Gasteiger partial charge in [-0.05, 0) is 30.9 Å². The van der Waals surface area contributed by atoms with Crippen LogP contribution in [0.3, 0.4) is 0 Å². The molecule has 2 amide bonds. The van der Waals surface area contributed by atoms with Crippen LogP contribution in [0.15, 0.2) is 24.3 Å². The van der Waals surface area contributed by atoms with Crippen LogP contribution in [0.1, 0.15) is 24.8 Å². The number of hydroxylamine groups is 1. The molecule has 0 spiro atoms. The average molecular weight is 292 g/mol. The van der Waals surface area contributed by atoms with Gasteiger partial charge in [-0.1, -0.05) is 18.2 Å². The van der Waals surface area contributed by atoms with Crippen molar-refractivity contribution in [2.24, 2.45) is 0 Å². The number of amides is 2. The van der Waals surface area contributed by atoms with E-state index in [0.717, 1.165) is 37.0 Å². The van der Waals surface area contributed by atoms with Gasteiger partial charge in [0, 0.05) is 13.0 Å². The zero-order valence-corrected chi connectivity index (χ0v) is 11.8. The van der Waals surface area contributed by atoms with Gasteiger partial charge < -0.3 is 14.8 Å². The topological polar surface area (TPSA) is 68.8 Å². The molecule has 0 unspecified atom stereocenters. The van der Waals surface area contributed by atoms with E-state index in [1.54, 1.807) is 0 Å². The first-order chi connectivity index (χ1) is 10.3. The quantitative estimate of drug-likeness (QED) is 0.833. The van der Waals surface area contributed by atoms with Gasteiger partial charge >= 0.3 is 6.03 Å². The fraction of sp³-hybridized carbons (Fsp3) is 0.533. The molecule has 0 bridgehead atoms. The summed E-state index contributed by atoms with van der Waals surface area (Å²) in [5.74, 6) is 0.891. The van der Waals surface area contributed by atoms with Crippen LogP contribution in [0.5, 0.6) is 5.75 Å². The van der Waals surface area contributed by atoms with Crippen molar-refractivity contribution in [1.29, 1.82) is 0 Å². The minimum Gasteiger partial charge on any atom is -0.491 e. The summed E-state index contributed by atoms with van der Waals surface area (Å²) in [4.78, 5) is 17.0. The van der Waals surface area contributed by atoms with Crippen LogP contribution in [0.25, 0.3) is 0 Å². The van der Waals surface area contributed by atoms with Crippen molar-refractivity contribution in [1.82, 2.24) is 10.8 Å². The highest BCUT2D eigenvalue weighted by molar-refractivity contribution is 5.73. The van der Waals surface area contributed by atoms with Crippen LogP contribution in [-0.2, 0) is 16.0 Å². The van der Waals surface area contributed by atoms with Crippen molar-refractivity contribution in [3.05, 3.63) is 29.8 Å². The molecule has 6 heteroatoms. The van der Waals surface area contributed by atoms with Gasteiger partial charge in [0.05, 0.1) is 6.04 Å². The van der Waals surface area contributed by atoms with Crippen LogP contribution in [0, 0.1) is 0 Å². The maximum absolute atomic E-state index is 11.8. The second kappa shape index (κ2) is 6.78. The monoisotopic (exact) mass is 292 g/mol. The number of para-hydroxylation sites is 1. The van der Waals surface area contributed by atoms with Crippen LogP contribution < -0.4 is 15.5 Å². The van der Waals surface area contributed by atoms with Gasteiger partial charge in [-0.3, -0.25) is 0 Å². The van der Waals surface area contributed by atoms with E-state index in [1.807, 2.05) is 24.3 Å². The Labute approximate surface area is 123 Å². The van der Waals surface area contributed by atoms with Gasteiger partial charge in [0.15, 0.2) is 6.29 Å². The first-order valence-corrected chi connectivity index (χ1v) is 7.36. The molecule has 1 fully saturated rings. The van der Waals surface area contributed by atoms with Gasteiger partial charge in [0.2, 0.25) is 0 Å². The van der Waals surface area contributed by atoms with Crippen molar-refractivity contribution in [2.45, 2.75) is 38.0 Å². The Bertz CT molecular complexity index is 488. The summed E-state index contributed by atoms with van der Waals surface area (Å²) in [5, 5.41) is 2.84. The number of hydrogen-bond donors (Lipinski definition) is 2. The van der Waals surface area contributed by atoms with Crippen LogP contribution in [0.4, 0.5) is 4.79 Å². The van der Waals surface area contributed by atoms with Crippen LogP contribution in [0.2, 0.25) is 0 Å². The minimum atomic E-state index is -0.364. The fourth-order valence-corrected chi connectivity index (χ4v) is 2.56. The second-order valence-corrected chi connectivity index (χ2v) is 5.31. The number of fused-ring (bicyclic) bond motifs is 1. The molecule has 2 N–H and O–H groups in total. The largest absolute Gasteiger partial charge is 0.491 e. The maximum Gasteiger partial charge on any atom is 0.339 e. The Kier molecular flexibility index (Phi) is 4.57. The van der Waals surface area contributed by atoms with Crippen LogP contribution >= 0.6 is 0 Å². The van der Waals surface area contributed by atoms with Crippen LogP contribution in [-0.4, -0.2) is 31.6 Å². The lowest BCUT2D eigenvalue weighted by molar-refractivity contribution is -0.186. The van der Waals surface area contributed by atoms with E-state index in [1.165, 1.54) is 0 Å². The number of rotatable bonds is 3. The summed E-state index contributed by atoms with van der Waals surface area (Å²) >= 11 is 0. The van der Waals surface area contributed by atoms with Gasteiger partial charge in [-0.2, -0.15) is 0 Å². The second-order valence-electron chi connectivity index (χ2n) is 5.31. The molecule has 2 heterocycles. The number of carbonyl (C=O) groups is 1. The molecule has 3 rings (SSSR count). The SMILES string of the molecule is O=C(NO[C@H]1CCCCO1)N[C@H]1COc2ccccc2C1. The third-order valence-electron chi connectivity index (χ3n) is 3.64. The highest BCUT2D eigenvalue weighted by Gasteiger charge is 2.22. The fourth-order valence-electron chi connectivity index (χ4n) is 2.56. The summed E-state index contributed by atoms with van der Waals surface area (Å²) in [7, 11) is 0. The minimum absolute atomic E-state index is 0.0595. The third kappa shape index (κ3) is 3.86. The van der Waals surface area contributed by atoms with Crippen molar-refractivity contribution >= 4 is 6.03 Å². The Balaban J connectivity index is 1.43. The van der Waals surface area contributed by atoms with Crippen molar-refractivity contribution < 1.29 is 19.1 Å². The smallest absolute Gasteiger partial charge is 0.339 e. The molecule has 1 saturated heterocycles. The molecule has 2 aliphatic heterocycles. The standard InChI is InChI=1S/C15H20N2O4/c18-15(17-21-14-7-3-4-8-19-14)16-12-9-11-5-1-2-6-13(11)20-10-12/h1-2,5-6,12,14H,3-4,7-10H2,(H2,16,17,18)/t12-,14+/m1/s1. The van der Waals surface area contributed by atoms with E-state index in [2.05, 4.69) is 10.8 Å². The predicted molar refractivity (Wildman–Crippen MR) is 75.8 cm³/mol. The molecule has 2 aliphatic rings. The molecule has 2 atom stereocenters. The molecule has 0 saturated carbocycles. The van der Waals surface area contributed by atoms with E-state index >= 15 is 0 Å². The zero-order chi connectivity index (χ0) is 14.5. The van der Waals surface area contributed by atoms with Crippen molar-refractivity contribution in [3.8, 4) is 5.75 Å². The lowest BCUT2D eigenvalue weighted by atomic mass is 10.0. The molecule has 1 aromatic rings. The highest BCUT2D eigenvalue weighted by atomic mass is 16.8. The average Bonchev–Trinajstić information content (AvgIpc) is 2.54. The molecule has 6 nitrogen and oxygen atoms in total. The predicted octanol–water partition coefficient (Wildman–Crippen LogP) is 1.75. The van der Waals surface area contributed by atoms with Crippen molar-refractivity contribution in [2.75, 3.05) is 13.2 Å². The summed E-state index contributed by atoms with van der Waals surface area (Å²) in [5.41, 5.74) is 3.50. The van der Waals surface area contributed by atoms with Crippen molar-refractivity contribution in [3.63, 3.8) is 0 Å². The normalized spacial score (nSPS) is 24.6. The molecule has 21 heavy (non-hydrogen) atoms. The van der Waals surface area contributed by atoms with Gasteiger partial charge in [0.25, 0.3) is 0 Å². The maximum atomic E-state index is 11.8. The van der Waals surface area contributed by atoms with E-state index in [0.29, 0.717) is 13.2 Å². The number of nitrogens with one attached hydrogen (secondary N) is 2.